The predicted molar refractivity (Wildman–Crippen MR) is 84.2 cm³/mol. The number of nitrogens with one attached hydrogen (secondary N) is 1. The van der Waals surface area contributed by atoms with Gasteiger partial charge in [0, 0.05) is 10.5 Å². The molecule has 0 saturated carbocycles. The molecule has 1 aliphatic heterocycles. The Morgan fingerprint density at radius 2 is 2.21 bits per heavy atom. The van der Waals surface area contributed by atoms with E-state index < -0.39 is 0 Å². The first kappa shape index (κ1) is 14.9. The van der Waals surface area contributed by atoms with Crippen LogP contribution < -0.4 is 10.1 Å². The highest BCUT2D eigenvalue weighted by Crippen LogP contribution is 2.37. The first-order chi connectivity index (χ1) is 9.04. The Kier molecular flexibility index (Phi) is 4.91. The van der Waals surface area contributed by atoms with Gasteiger partial charge in [0.05, 0.1) is 7.11 Å². The second-order valence-electron chi connectivity index (χ2n) is 5.74. The van der Waals surface area contributed by atoms with E-state index in [1.807, 2.05) is 0 Å². The molecule has 0 bridgehead atoms. The maximum atomic E-state index is 5.74. The van der Waals surface area contributed by atoms with E-state index in [1.165, 1.54) is 34.0 Å². The molecule has 0 radical (unpaired) electrons. The van der Waals surface area contributed by atoms with Gasteiger partial charge in [-0.2, -0.15) is 0 Å². The summed E-state index contributed by atoms with van der Waals surface area (Å²) in [4.78, 5) is 0. The summed E-state index contributed by atoms with van der Waals surface area (Å²) in [7, 11) is 1.79. The van der Waals surface area contributed by atoms with E-state index in [0.29, 0.717) is 12.0 Å². The zero-order valence-corrected chi connectivity index (χ0v) is 13.9. The van der Waals surface area contributed by atoms with E-state index >= 15 is 0 Å². The molecule has 1 atom stereocenters. The van der Waals surface area contributed by atoms with E-state index in [4.69, 9.17) is 4.74 Å². The Labute approximate surface area is 125 Å². The second kappa shape index (κ2) is 6.27. The van der Waals surface area contributed by atoms with Crippen LogP contribution in [-0.2, 0) is 6.42 Å². The molecular formula is C16H24BrNO. The van der Waals surface area contributed by atoms with Crippen LogP contribution in [0.15, 0.2) is 10.5 Å². The minimum Gasteiger partial charge on any atom is -0.496 e. The minimum atomic E-state index is 0.474. The van der Waals surface area contributed by atoms with E-state index in [2.05, 4.69) is 48.1 Å². The van der Waals surface area contributed by atoms with Gasteiger partial charge in [-0.15, -0.1) is 0 Å². The summed E-state index contributed by atoms with van der Waals surface area (Å²) in [5, 5.41) is 3.58. The normalized spacial score (nSPS) is 19.2. The van der Waals surface area contributed by atoms with Gasteiger partial charge in [0.15, 0.2) is 0 Å². The smallest absolute Gasteiger partial charge is 0.125 e. The van der Waals surface area contributed by atoms with E-state index in [0.717, 1.165) is 18.7 Å². The summed E-state index contributed by atoms with van der Waals surface area (Å²) < 4.78 is 6.93. The van der Waals surface area contributed by atoms with E-state index in [-0.39, 0.29) is 0 Å². The molecule has 0 amide bonds. The summed E-state index contributed by atoms with van der Waals surface area (Å²) >= 11 is 3.70. The number of ether oxygens (including phenoxy) is 1. The molecule has 1 N–H and O–H groups in total. The van der Waals surface area contributed by atoms with Gasteiger partial charge in [0.25, 0.3) is 0 Å². The second-order valence-corrected chi connectivity index (χ2v) is 6.59. The molecule has 1 saturated heterocycles. The van der Waals surface area contributed by atoms with Crippen molar-refractivity contribution < 1.29 is 4.74 Å². The third-order valence-electron chi connectivity index (χ3n) is 4.07. The fourth-order valence-corrected chi connectivity index (χ4v) is 3.38. The Morgan fingerprint density at radius 3 is 2.74 bits per heavy atom. The highest BCUT2D eigenvalue weighted by molar-refractivity contribution is 9.10. The van der Waals surface area contributed by atoms with Gasteiger partial charge < -0.3 is 10.1 Å². The molecule has 3 heteroatoms. The van der Waals surface area contributed by atoms with Crippen LogP contribution in [0, 0.1) is 6.92 Å². The third kappa shape index (κ3) is 3.14. The van der Waals surface area contributed by atoms with Crippen molar-refractivity contribution in [3.63, 3.8) is 0 Å². The molecule has 0 spiro atoms. The topological polar surface area (TPSA) is 21.3 Å². The highest BCUT2D eigenvalue weighted by atomic mass is 79.9. The van der Waals surface area contributed by atoms with Crippen molar-refractivity contribution in [1.82, 2.24) is 5.32 Å². The standard InChI is InChI=1S/C16H24BrNO/c1-10(2)13-9-15(17)11(3)14(16(13)19-4)8-12-6-5-7-18-12/h9-10,12,18H,5-8H2,1-4H3. The van der Waals surface area contributed by atoms with Crippen molar-refractivity contribution in [2.75, 3.05) is 13.7 Å². The van der Waals surface area contributed by atoms with Crippen LogP contribution in [-0.4, -0.2) is 19.7 Å². The fraction of sp³-hybridized carbons (Fsp3) is 0.625. The molecule has 1 fully saturated rings. The van der Waals surface area contributed by atoms with Crippen molar-refractivity contribution in [3.05, 3.63) is 27.2 Å². The van der Waals surface area contributed by atoms with Gasteiger partial charge in [0.2, 0.25) is 0 Å². The maximum absolute atomic E-state index is 5.74. The summed E-state index contributed by atoms with van der Waals surface area (Å²) in [6.45, 7) is 7.77. The predicted octanol–water partition coefficient (Wildman–Crippen LogP) is 4.18. The minimum absolute atomic E-state index is 0.474. The molecule has 1 aliphatic rings. The SMILES string of the molecule is COc1c(C(C)C)cc(Br)c(C)c1CC1CCCN1. The van der Waals surface area contributed by atoms with Crippen LogP contribution in [0.1, 0.15) is 49.3 Å². The van der Waals surface area contributed by atoms with E-state index in [9.17, 15) is 0 Å². The van der Waals surface area contributed by atoms with Gasteiger partial charge in [-0.1, -0.05) is 29.8 Å². The van der Waals surface area contributed by atoms with Crippen LogP contribution >= 0.6 is 15.9 Å². The number of halogens is 1. The Bertz CT molecular complexity index is 451. The van der Waals surface area contributed by atoms with Crippen LogP contribution in [0.3, 0.4) is 0 Å². The average molecular weight is 326 g/mol. The number of rotatable bonds is 4. The molecule has 1 unspecified atom stereocenters. The van der Waals surface area contributed by atoms with Crippen LogP contribution in [0.4, 0.5) is 0 Å². The largest absolute Gasteiger partial charge is 0.496 e. The van der Waals surface area contributed by atoms with Crippen LogP contribution in [0.5, 0.6) is 5.75 Å². The lowest BCUT2D eigenvalue weighted by atomic mass is 9.92. The molecule has 1 heterocycles. The monoisotopic (exact) mass is 325 g/mol. The fourth-order valence-electron chi connectivity index (χ4n) is 2.89. The molecule has 2 nitrogen and oxygen atoms in total. The first-order valence-electron chi connectivity index (χ1n) is 7.13. The third-order valence-corrected chi connectivity index (χ3v) is 4.89. The lowest BCUT2D eigenvalue weighted by Crippen LogP contribution is -2.24. The van der Waals surface area contributed by atoms with Crippen LogP contribution in [0.2, 0.25) is 0 Å². The average Bonchev–Trinajstić information content (AvgIpc) is 2.87. The Morgan fingerprint density at radius 1 is 1.47 bits per heavy atom. The summed E-state index contributed by atoms with van der Waals surface area (Å²) in [6, 6.07) is 2.81. The number of benzene rings is 1. The molecule has 0 aromatic heterocycles. The zero-order valence-electron chi connectivity index (χ0n) is 12.3. The number of hydrogen-bond acceptors (Lipinski definition) is 2. The van der Waals surface area contributed by atoms with Crippen molar-refractivity contribution in [2.45, 2.75) is 52.0 Å². The lowest BCUT2D eigenvalue weighted by Gasteiger charge is -2.21. The summed E-state index contributed by atoms with van der Waals surface area (Å²) in [5.74, 6) is 1.56. The Balaban J connectivity index is 2.43. The molecule has 2 rings (SSSR count). The molecule has 1 aromatic rings. The zero-order chi connectivity index (χ0) is 14.0. The van der Waals surface area contributed by atoms with Crippen molar-refractivity contribution >= 4 is 15.9 Å². The maximum Gasteiger partial charge on any atom is 0.125 e. The Hall–Kier alpha value is -0.540. The number of hydrogen-bond donors (Lipinski definition) is 1. The molecule has 19 heavy (non-hydrogen) atoms. The quantitative estimate of drug-likeness (QED) is 0.896. The van der Waals surface area contributed by atoms with E-state index in [1.54, 1.807) is 7.11 Å². The first-order valence-corrected chi connectivity index (χ1v) is 7.93. The van der Waals surface area contributed by atoms with Gasteiger partial charge in [-0.3, -0.25) is 0 Å². The molecule has 0 aliphatic carbocycles. The summed E-state index contributed by atoms with van der Waals surface area (Å²) in [6.07, 6.45) is 3.62. The molecule has 106 valence electrons. The van der Waals surface area contributed by atoms with Gasteiger partial charge >= 0.3 is 0 Å². The van der Waals surface area contributed by atoms with Crippen LogP contribution in [0.25, 0.3) is 0 Å². The van der Waals surface area contributed by atoms with Gasteiger partial charge in [0.1, 0.15) is 5.75 Å². The van der Waals surface area contributed by atoms with Crippen molar-refractivity contribution in [1.29, 1.82) is 0 Å². The number of methoxy groups -OCH3 is 1. The molecular weight excluding hydrogens is 302 g/mol. The lowest BCUT2D eigenvalue weighted by molar-refractivity contribution is 0.399. The molecule has 1 aromatic carbocycles. The van der Waals surface area contributed by atoms with Gasteiger partial charge in [-0.25, -0.2) is 0 Å². The van der Waals surface area contributed by atoms with Crippen molar-refractivity contribution in [2.24, 2.45) is 0 Å². The van der Waals surface area contributed by atoms with Gasteiger partial charge in [-0.05, 0) is 61.4 Å². The summed E-state index contributed by atoms with van der Waals surface area (Å²) in [5.41, 5.74) is 3.97. The highest BCUT2D eigenvalue weighted by Gasteiger charge is 2.22. The van der Waals surface area contributed by atoms with Crippen molar-refractivity contribution in [3.8, 4) is 5.75 Å².